The standard InChI is InChI=1S/C32H32N8O3/c1-34-23-12-14-35-26(18-23)38-32(42)21-10-8-20(9-11-21)28-29-30(33)36-19-25-7-2-3-15-43-16-13-27(41)37-24-6-4-5-22(17-24)31(39-28)40(25)29/h2,7-12,14,18-19,22,24H,3-6,13,15-17H2,(H2,33,36)(H,37,41)(H,35,38,42)/b7-2+/t22-,24-/m1/s1. The zero-order valence-electron chi connectivity index (χ0n) is 23.6. The SMILES string of the molecule is [C-]#[N+]c1ccnc(NC(=O)c2ccc(-c3nc4n5c(cnc(N)c35)/C=C/CCOCCC(=O)N[C@@H]3CCC[C@@H]4C3)cc2)c1. The van der Waals surface area contributed by atoms with Gasteiger partial charge in [-0.05, 0) is 56.0 Å². The molecule has 0 radical (unpaired) electrons. The van der Waals surface area contributed by atoms with Gasteiger partial charge in [0, 0.05) is 35.7 Å². The van der Waals surface area contributed by atoms with E-state index in [1.807, 2.05) is 24.3 Å². The van der Waals surface area contributed by atoms with Crippen molar-refractivity contribution in [2.75, 3.05) is 24.3 Å². The van der Waals surface area contributed by atoms with E-state index in [0.717, 1.165) is 42.8 Å². The lowest BCUT2D eigenvalue weighted by molar-refractivity contribution is -0.123. The predicted octanol–water partition coefficient (Wildman–Crippen LogP) is 5.14. The van der Waals surface area contributed by atoms with Crippen LogP contribution < -0.4 is 16.4 Å². The number of nitrogens with two attached hydrogens (primary N) is 1. The number of aromatic nitrogens is 4. The molecule has 2 atom stereocenters. The molecule has 11 heteroatoms. The van der Waals surface area contributed by atoms with Gasteiger partial charge in [0.05, 0.1) is 31.7 Å². The molecule has 11 nitrogen and oxygen atoms in total. The van der Waals surface area contributed by atoms with Crippen molar-refractivity contribution in [2.45, 2.75) is 50.5 Å². The van der Waals surface area contributed by atoms with Crippen molar-refractivity contribution in [1.82, 2.24) is 24.7 Å². The third-order valence-electron chi connectivity index (χ3n) is 7.87. The highest BCUT2D eigenvalue weighted by Crippen LogP contribution is 2.38. The smallest absolute Gasteiger partial charge is 0.256 e. The van der Waals surface area contributed by atoms with Crippen LogP contribution in [0.5, 0.6) is 0 Å². The summed E-state index contributed by atoms with van der Waals surface area (Å²) in [6.45, 7) is 8.09. The summed E-state index contributed by atoms with van der Waals surface area (Å²) in [7, 11) is 0. The highest BCUT2D eigenvalue weighted by atomic mass is 16.5. The molecule has 2 aliphatic rings. The number of benzene rings is 1. The summed E-state index contributed by atoms with van der Waals surface area (Å²) in [4.78, 5) is 42.7. The van der Waals surface area contributed by atoms with Crippen LogP contribution in [-0.2, 0) is 9.53 Å². The minimum Gasteiger partial charge on any atom is -0.382 e. The molecule has 3 aromatic heterocycles. The van der Waals surface area contributed by atoms with Crippen LogP contribution in [0.15, 0.2) is 54.9 Å². The van der Waals surface area contributed by atoms with E-state index in [1.54, 1.807) is 24.4 Å². The number of nitrogens with one attached hydrogen (secondary N) is 2. The molecule has 4 aromatic rings. The van der Waals surface area contributed by atoms with Crippen molar-refractivity contribution >= 4 is 40.7 Å². The molecule has 0 spiro atoms. The Hall–Kier alpha value is -5.08. The Balaban J connectivity index is 1.37. The minimum atomic E-state index is -0.336. The van der Waals surface area contributed by atoms with E-state index in [0.29, 0.717) is 60.2 Å². The average Bonchev–Trinajstić information content (AvgIpc) is 3.43. The molecule has 0 unspecified atom stereocenters. The van der Waals surface area contributed by atoms with Crippen LogP contribution in [0.1, 0.15) is 66.3 Å². The van der Waals surface area contributed by atoms with Gasteiger partial charge in [-0.15, -0.1) is 0 Å². The number of carbonyl (C=O) groups excluding carboxylic acids is 2. The Bertz CT molecular complexity index is 1740. The van der Waals surface area contributed by atoms with Gasteiger partial charge in [0.1, 0.15) is 28.7 Å². The summed E-state index contributed by atoms with van der Waals surface area (Å²) in [5, 5.41) is 5.94. The van der Waals surface area contributed by atoms with E-state index in [2.05, 4.69) is 29.8 Å². The molecule has 0 saturated heterocycles. The molecule has 6 rings (SSSR count). The lowest BCUT2D eigenvalue weighted by atomic mass is 9.85. The van der Waals surface area contributed by atoms with Crippen molar-refractivity contribution in [3.05, 3.63) is 83.4 Å². The predicted molar refractivity (Wildman–Crippen MR) is 164 cm³/mol. The molecular formula is C32H32N8O3. The van der Waals surface area contributed by atoms with E-state index >= 15 is 0 Å². The fraction of sp³-hybridized carbons (Fsp3) is 0.312. The maximum Gasteiger partial charge on any atom is 0.256 e. The number of anilines is 2. The first-order valence-electron chi connectivity index (χ1n) is 14.5. The highest BCUT2D eigenvalue weighted by molar-refractivity contribution is 6.04. The second-order valence-corrected chi connectivity index (χ2v) is 10.8. The molecule has 4 N–H and O–H groups in total. The average molecular weight is 577 g/mol. The number of rotatable bonds is 3. The number of carbonyl (C=O) groups is 2. The molecule has 1 fully saturated rings. The summed E-state index contributed by atoms with van der Waals surface area (Å²) < 4.78 is 7.76. The Kier molecular flexibility index (Phi) is 8.11. The Morgan fingerprint density at radius 1 is 1.16 bits per heavy atom. The molecular weight excluding hydrogens is 544 g/mol. The molecule has 43 heavy (non-hydrogen) atoms. The van der Waals surface area contributed by atoms with Crippen molar-refractivity contribution in [3.8, 4) is 11.3 Å². The van der Waals surface area contributed by atoms with Gasteiger partial charge in [-0.1, -0.05) is 24.6 Å². The van der Waals surface area contributed by atoms with Crippen molar-refractivity contribution in [1.29, 1.82) is 0 Å². The molecule has 1 saturated carbocycles. The first kappa shape index (κ1) is 28.1. The Labute approximate surface area is 249 Å². The van der Waals surface area contributed by atoms with Gasteiger partial charge in [-0.2, -0.15) is 0 Å². The second-order valence-electron chi connectivity index (χ2n) is 10.8. The summed E-state index contributed by atoms with van der Waals surface area (Å²) in [5.74, 6) is 1.35. The van der Waals surface area contributed by atoms with Crippen LogP contribution in [0, 0.1) is 6.57 Å². The molecule has 1 aliphatic carbocycles. The zero-order valence-corrected chi connectivity index (χ0v) is 23.6. The zero-order chi connectivity index (χ0) is 29.8. The lowest BCUT2D eigenvalue weighted by Crippen LogP contribution is -2.38. The van der Waals surface area contributed by atoms with Gasteiger partial charge in [0.25, 0.3) is 5.91 Å². The van der Waals surface area contributed by atoms with Crippen LogP contribution in [0.25, 0.3) is 27.7 Å². The van der Waals surface area contributed by atoms with Crippen LogP contribution in [0.2, 0.25) is 0 Å². The summed E-state index contributed by atoms with van der Waals surface area (Å²) >= 11 is 0. The van der Waals surface area contributed by atoms with Crippen LogP contribution >= 0.6 is 0 Å². The highest BCUT2D eigenvalue weighted by Gasteiger charge is 2.30. The van der Waals surface area contributed by atoms with Crippen molar-refractivity contribution in [3.63, 3.8) is 0 Å². The Morgan fingerprint density at radius 3 is 2.86 bits per heavy atom. The van der Waals surface area contributed by atoms with Gasteiger partial charge >= 0.3 is 0 Å². The Morgan fingerprint density at radius 2 is 2.02 bits per heavy atom. The largest absolute Gasteiger partial charge is 0.382 e. The molecule has 1 aliphatic heterocycles. The summed E-state index contributed by atoms with van der Waals surface area (Å²) in [6.07, 6.45) is 12.0. The fourth-order valence-corrected chi connectivity index (χ4v) is 5.79. The van der Waals surface area contributed by atoms with Crippen molar-refractivity contribution < 1.29 is 14.3 Å². The summed E-state index contributed by atoms with van der Waals surface area (Å²) in [5.41, 5.74) is 10.4. The number of ether oxygens (including phenoxy) is 1. The molecule has 218 valence electrons. The maximum atomic E-state index is 12.9. The van der Waals surface area contributed by atoms with Crippen LogP contribution in [0.4, 0.5) is 17.3 Å². The van der Waals surface area contributed by atoms with E-state index in [-0.39, 0.29) is 23.8 Å². The van der Waals surface area contributed by atoms with Crippen LogP contribution in [-0.4, -0.2) is 50.4 Å². The normalized spacial score (nSPS) is 19.8. The number of fused-ring (bicyclic) bond motifs is 3. The topological polar surface area (TPSA) is 141 Å². The van der Waals surface area contributed by atoms with Gasteiger partial charge in [0.2, 0.25) is 5.91 Å². The number of nitrogen functional groups attached to an aromatic ring is 1. The van der Waals surface area contributed by atoms with E-state index in [9.17, 15) is 9.59 Å². The minimum absolute atomic E-state index is 0.0119. The second kappa shape index (κ2) is 12.4. The third kappa shape index (κ3) is 6.10. The molecule has 2 amide bonds. The molecule has 4 heterocycles. The monoisotopic (exact) mass is 576 g/mol. The van der Waals surface area contributed by atoms with Gasteiger partial charge < -0.3 is 21.1 Å². The van der Waals surface area contributed by atoms with Crippen molar-refractivity contribution in [2.24, 2.45) is 0 Å². The van der Waals surface area contributed by atoms with Gasteiger partial charge in [-0.25, -0.2) is 19.8 Å². The first-order valence-corrected chi connectivity index (χ1v) is 14.5. The number of nitrogens with zero attached hydrogens (tertiary/aromatic N) is 5. The summed E-state index contributed by atoms with van der Waals surface area (Å²) in [6, 6.07) is 10.3. The molecule has 1 aromatic carbocycles. The lowest BCUT2D eigenvalue weighted by Gasteiger charge is -2.29. The first-order chi connectivity index (χ1) is 21.0. The number of hydrogen-bond donors (Lipinski definition) is 3. The maximum absolute atomic E-state index is 12.9. The van der Waals surface area contributed by atoms with E-state index in [1.165, 1.54) is 12.3 Å². The molecule has 2 bridgehead atoms. The van der Waals surface area contributed by atoms with E-state index in [4.69, 9.17) is 22.0 Å². The van der Waals surface area contributed by atoms with Gasteiger partial charge in [0.15, 0.2) is 5.69 Å². The number of pyridine rings is 1. The van der Waals surface area contributed by atoms with Crippen LogP contribution in [0.3, 0.4) is 0 Å². The number of imidazole rings is 1. The number of hydrogen-bond acceptors (Lipinski definition) is 7. The number of amides is 2. The fourth-order valence-electron chi connectivity index (χ4n) is 5.79. The third-order valence-corrected chi connectivity index (χ3v) is 7.87. The van der Waals surface area contributed by atoms with Gasteiger partial charge in [-0.3, -0.25) is 14.0 Å². The van der Waals surface area contributed by atoms with E-state index < -0.39 is 0 Å². The quantitative estimate of drug-likeness (QED) is 0.287.